The minimum absolute atomic E-state index is 0. The zero-order valence-corrected chi connectivity index (χ0v) is 33.8. The molecule has 2 N–H and O–H groups in total. The number of carbonyl (C=O) groups is 4. The van der Waals surface area contributed by atoms with E-state index in [9.17, 15) is 49.6 Å². The Hall–Kier alpha value is -7.68. The van der Waals surface area contributed by atoms with E-state index in [1.807, 2.05) is 60.7 Å². The quantitative estimate of drug-likeness (QED) is 0.0632. The maximum absolute atomic E-state index is 13.2. The van der Waals surface area contributed by atoms with E-state index in [0.29, 0.717) is 24.2 Å². The summed E-state index contributed by atoms with van der Waals surface area (Å²) in [6.07, 6.45) is 0. The normalized spacial score (nSPS) is 14.1. The predicted octanol–water partition coefficient (Wildman–Crippen LogP) is 5.92. The zero-order chi connectivity index (χ0) is 43.9. The molecule has 0 saturated carbocycles. The van der Waals surface area contributed by atoms with Crippen LogP contribution in [-0.2, 0) is 39.7 Å². The number of nitrogens with one attached hydrogen (secondary N) is 2. The molecule has 8 rings (SSSR count). The Labute approximate surface area is 370 Å². The van der Waals surface area contributed by atoms with Crippen LogP contribution >= 0.6 is 0 Å². The summed E-state index contributed by atoms with van der Waals surface area (Å²) >= 11 is 0. The number of nitrogens with zero attached hydrogens (tertiary/aromatic N) is 2. The smallest absolute Gasteiger partial charge is 0.872 e. The van der Waals surface area contributed by atoms with Crippen LogP contribution in [0.15, 0.2) is 169 Å². The number of nitro benzene ring substituents is 2. The molecule has 317 valence electrons. The van der Waals surface area contributed by atoms with Crippen molar-refractivity contribution in [2.45, 2.75) is 25.2 Å². The van der Waals surface area contributed by atoms with E-state index < -0.39 is 56.6 Å². The summed E-state index contributed by atoms with van der Waals surface area (Å²) in [5.41, 5.74) is 2.72. The molecule has 2 aliphatic rings. The molecule has 0 aliphatic heterocycles. The molecule has 0 bridgehead atoms. The van der Waals surface area contributed by atoms with Crippen LogP contribution < -0.4 is 20.8 Å². The van der Waals surface area contributed by atoms with Crippen molar-refractivity contribution in [1.82, 2.24) is 10.6 Å². The van der Waals surface area contributed by atoms with Crippen LogP contribution in [0.3, 0.4) is 0 Å². The van der Waals surface area contributed by atoms with Gasteiger partial charge in [0, 0.05) is 59.6 Å². The number of non-ortho nitro benzene ring substituents is 2. The number of rotatable bonds is 12. The minimum atomic E-state index is -0.904. The van der Waals surface area contributed by atoms with Crippen molar-refractivity contribution in [3.63, 3.8) is 0 Å². The summed E-state index contributed by atoms with van der Waals surface area (Å²) in [5.74, 6) is -4.26. The van der Waals surface area contributed by atoms with Gasteiger partial charge in [-0.25, -0.2) is 0 Å². The van der Waals surface area contributed by atoms with Crippen LogP contribution in [0.25, 0.3) is 11.5 Å². The molecule has 2 aliphatic carbocycles. The Bertz CT molecular complexity index is 2600. The number of benzene rings is 6. The first-order valence-electron chi connectivity index (χ1n) is 19.2. The van der Waals surface area contributed by atoms with Crippen LogP contribution in [-0.4, -0.2) is 33.0 Å². The van der Waals surface area contributed by atoms with Crippen molar-refractivity contribution in [3.05, 3.63) is 234 Å². The van der Waals surface area contributed by atoms with E-state index in [-0.39, 0.29) is 61.8 Å². The third-order valence-corrected chi connectivity index (χ3v) is 10.4. The van der Waals surface area contributed by atoms with E-state index in [4.69, 9.17) is 0 Å². The molecular weight excluding hydrogens is 856 g/mol. The van der Waals surface area contributed by atoms with Crippen LogP contribution in [0.5, 0.6) is 0 Å². The average molecular weight is 890 g/mol. The van der Waals surface area contributed by atoms with E-state index >= 15 is 0 Å². The fourth-order valence-corrected chi connectivity index (χ4v) is 7.25. The minimum Gasteiger partial charge on any atom is -0.872 e. The molecule has 0 spiro atoms. The number of ketones is 4. The van der Waals surface area contributed by atoms with Crippen molar-refractivity contribution in [3.8, 4) is 0 Å². The van der Waals surface area contributed by atoms with Gasteiger partial charge in [-0.15, -0.1) is 0 Å². The number of fused-ring (bicyclic) bond motifs is 2. The van der Waals surface area contributed by atoms with E-state index in [1.54, 1.807) is 24.3 Å². The van der Waals surface area contributed by atoms with Gasteiger partial charge in [-0.1, -0.05) is 145 Å². The van der Waals surface area contributed by atoms with Gasteiger partial charge in [0.05, 0.1) is 21.9 Å². The summed E-state index contributed by atoms with van der Waals surface area (Å²) in [5, 5.41) is 54.8. The second-order valence-corrected chi connectivity index (χ2v) is 14.2. The largest absolute Gasteiger partial charge is 2.00 e. The molecule has 2 atom stereocenters. The molecule has 6 aromatic carbocycles. The first-order chi connectivity index (χ1) is 29.9. The number of carbonyl (C=O) groups excluding carboxylic acids is 4. The monoisotopic (exact) mass is 889 g/mol. The van der Waals surface area contributed by atoms with E-state index in [0.717, 1.165) is 11.1 Å². The van der Waals surface area contributed by atoms with Crippen molar-refractivity contribution >= 4 is 46.0 Å². The molecule has 0 amide bonds. The molecule has 15 heteroatoms. The summed E-state index contributed by atoms with van der Waals surface area (Å²) < 4.78 is 0. The Kier molecular flexibility index (Phi) is 14.1. The molecule has 2 unspecified atom stereocenters. The first-order valence-corrected chi connectivity index (χ1v) is 19.2. The van der Waals surface area contributed by atoms with Crippen molar-refractivity contribution in [2.24, 2.45) is 0 Å². The molecule has 63 heavy (non-hydrogen) atoms. The van der Waals surface area contributed by atoms with Gasteiger partial charge in [0.15, 0.2) is 0 Å². The van der Waals surface area contributed by atoms with Gasteiger partial charge < -0.3 is 20.8 Å². The third-order valence-electron chi connectivity index (χ3n) is 10.4. The number of nitro groups is 2. The second-order valence-electron chi connectivity index (χ2n) is 14.2. The fraction of sp³-hybridized carbons (Fsp3) is 0.0833. The Morgan fingerprint density at radius 2 is 0.714 bits per heavy atom. The van der Waals surface area contributed by atoms with Crippen LogP contribution in [0.4, 0.5) is 11.4 Å². The van der Waals surface area contributed by atoms with Crippen LogP contribution in [0.2, 0.25) is 0 Å². The summed E-state index contributed by atoms with van der Waals surface area (Å²) in [6.45, 7) is 0.644. The predicted molar refractivity (Wildman–Crippen MR) is 224 cm³/mol. The molecule has 1 radical (unpaired) electrons. The zero-order valence-electron chi connectivity index (χ0n) is 32.9. The molecule has 0 saturated heterocycles. The summed E-state index contributed by atoms with van der Waals surface area (Å²) in [4.78, 5) is 72.2. The second kappa shape index (κ2) is 19.8. The van der Waals surface area contributed by atoms with Crippen LogP contribution in [0, 0.1) is 20.2 Å². The van der Waals surface area contributed by atoms with Gasteiger partial charge >= 0.3 is 17.1 Å². The molecule has 0 aromatic heterocycles. The van der Waals surface area contributed by atoms with Gasteiger partial charge in [-0.2, -0.15) is 0 Å². The molecule has 0 fully saturated rings. The number of hydrogen-bond acceptors (Lipinski definition) is 12. The topological polar surface area (TPSA) is 225 Å². The SMILES string of the molecule is O=C1C(=O)c2ccccc2C([O-])=C1C(NCc1ccccc1)c1ccc([N+](=O)[O-])cc1.O=C1C(=O)c2ccccc2C([O-])=C1C(NCc1ccccc1)c1ccc([N+](=O)[O-])cc1.[Cu+2]. The van der Waals surface area contributed by atoms with E-state index in [1.165, 1.54) is 72.8 Å². The van der Waals surface area contributed by atoms with Gasteiger partial charge in [0.2, 0.25) is 23.1 Å². The average Bonchev–Trinajstić information content (AvgIpc) is 3.30. The Morgan fingerprint density at radius 1 is 0.413 bits per heavy atom. The van der Waals surface area contributed by atoms with Gasteiger partial charge in [-0.05, 0) is 33.4 Å². The van der Waals surface area contributed by atoms with Gasteiger partial charge in [-0.3, -0.25) is 39.4 Å². The third kappa shape index (κ3) is 9.62. The van der Waals surface area contributed by atoms with Crippen molar-refractivity contribution in [1.29, 1.82) is 0 Å². The number of Topliss-reactive ketones (excluding diaryl/α,β-unsaturated/α-hetero) is 4. The molecular formula is C48H34CuN4O10. The van der Waals surface area contributed by atoms with E-state index in [2.05, 4.69) is 10.6 Å². The first kappa shape index (κ1) is 44.9. The molecule has 0 heterocycles. The summed E-state index contributed by atoms with van der Waals surface area (Å²) in [7, 11) is 0. The van der Waals surface area contributed by atoms with Crippen molar-refractivity contribution < 1.29 is 56.3 Å². The maximum Gasteiger partial charge on any atom is 2.00 e. The van der Waals surface area contributed by atoms with Crippen LogP contribution in [0.1, 0.15) is 66.2 Å². The van der Waals surface area contributed by atoms with Gasteiger partial charge in [0.25, 0.3) is 11.4 Å². The summed E-state index contributed by atoms with van der Waals surface area (Å²) in [6, 6.07) is 40.5. The van der Waals surface area contributed by atoms with Crippen molar-refractivity contribution in [2.75, 3.05) is 0 Å². The fourth-order valence-electron chi connectivity index (χ4n) is 7.25. The maximum atomic E-state index is 13.2. The number of hydrogen-bond donors (Lipinski definition) is 2. The standard InChI is InChI=1S/2C24H18N2O5.Cu/c2*27-22-18-8-4-5-9-19(18)23(28)24(29)20(22)21(25-14-15-6-2-1-3-7-15)16-10-12-17(13-11-16)26(30)31;/h2*1-13,21,25,27H,14H2;/q;;+2/p-2. The Balaban J connectivity index is 0.000000206. The van der Waals surface area contributed by atoms with Gasteiger partial charge in [0.1, 0.15) is 0 Å². The molecule has 6 aromatic rings. The molecule has 14 nitrogen and oxygen atoms in total. The Morgan fingerprint density at radius 3 is 1.03 bits per heavy atom.